The molecule has 0 aromatic heterocycles. The zero-order valence-electron chi connectivity index (χ0n) is 12.8. The second-order valence-electron chi connectivity index (χ2n) is 5.17. The molecule has 20 heavy (non-hydrogen) atoms. The first-order chi connectivity index (χ1) is 9.74. The Morgan fingerprint density at radius 2 is 2.10 bits per heavy atom. The molecule has 0 atom stereocenters. The van der Waals surface area contributed by atoms with Crippen LogP contribution < -0.4 is 10.1 Å². The third kappa shape index (κ3) is 3.65. The molecule has 0 unspecified atom stereocenters. The Labute approximate surface area is 121 Å². The first-order valence-corrected chi connectivity index (χ1v) is 7.41. The van der Waals surface area contributed by atoms with E-state index < -0.39 is 0 Å². The predicted molar refractivity (Wildman–Crippen MR) is 83.4 cm³/mol. The molecule has 4 nitrogen and oxygen atoms in total. The Morgan fingerprint density at radius 1 is 1.35 bits per heavy atom. The number of rotatable bonds is 4. The highest BCUT2D eigenvalue weighted by molar-refractivity contribution is 5.80. The number of methoxy groups -OCH3 is 1. The van der Waals surface area contributed by atoms with E-state index in [1.54, 1.807) is 7.11 Å². The topological polar surface area (TPSA) is 36.9 Å². The SMILES string of the molecule is CCNC(=NCc1ccc(C)c(OC)c1)N1CCCC1. The summed E-state index contributed by atoms with van der Waals surface area (Å²) in [5.41, 5.74) is 2.34. The van der Waals surface area contributed by atoms with Crippen molar-refractivity contribution in [1.82, 2.24) is 10.2 Å². The number of hydrogen-bond acceptors (Lipinski definition) is 2. The maximum atomic E-state index is 5.37. The number of aryl methyl sites for hydroxylation is 1. The largest absolute Gasteiger partial charge is 0.496 e. The van der Waals surface area contributed by atoms with Gasteiger partial charge in [0.1, 0.15) is 5.75 Å². The molecule has 1 N–H and O–H groups in total. The molecule has 0 saturated carbocycles. The fourth-order valence-electron chi connectivity index (χ4n) is 2.48. The van der Waals surface area contributed by atoms with Crippen LogP contribution in [0.25, 0.3) is 0 Å². The van der Waals surface area contributed by atoms with E-state index in [0.29, 0.717) is 6.54 Å². The van der Waals surface area contributed by atoms with Crippen LogP contribution in [-0.2, 0) is 6.54 Å². The number of likely N-dealkylation sites (tertiary alicyclic amines) is 1. The van der Waals surface area contributed by atoms with Gasteiger partial charge in [0.05, 0.1) is 13.7 Å². The van der Waals surface area contributed by atoms with E-state index in [1.807, 2.05) is 0 Å². The molecule has 1 aliphatic heterocycles. The summed E-state index contributed by atoms with van der Waals surface area (Å²) in [6, 6.07) is 6.29. The summed E-state index contributed by atoms with van der Waals surface area (Å²) >= 11 is 0. The van der Waals surface area contributed by atoms with Crippen molar-refractivity contribution >= 4 is 5.96 Å². The minimum absolute atomic E-state index is 0.690. The Kier molecular flexibility index (Phi) is 5.27. The van der Waals surface area contributed by atoms with Crippen LogP contribution in [0.5, 0.6) is 5.75 Å². The molecule has 0 amide bonds. The molecule has 0 aliphatic carbocycles. The third-order valence-corrected chi connectivity index (χ3v) is 3.62. The monoisotopic (exact) mass is 275 g/mol. The van der Waals surface area contributed by atoms with Crippen molar-refractivity contribution in [3.63, 3.8) is 0 Å². The van der Waals surface area contributed by atoms with Crippen molar-refractivity contribution in [3.8, 4) is 5.75 Å². The fraction of sp³-hybridized carbons (Fsp3) is 0.562. The number of hydrogen-bond donors (Lipinski definition) is 1. The molecule has 110 valence electrons. The summed E-state index contributed by atoms with van der Waals surface area (Å²) in [6.45, 7) is 7.99. The smallest absolute Gasteiger partial charge is 0.194 e. The van der Waals surface area contributed by atoms with E-state index in [2.05, 4.69) is 42.3 Å². The van der Waals surface area contributed by atoms with E-state index in [4.69, 9.17) is 9.73 Å². The van der Waals surface area contributed by atoms with Gasteiger partial charge in [-0.05, 0) is 43.9 Å². The van der Waals surface area contributed by atoms with Crippen LogP contribution in [0.2, 0.25) is 0 Å². The number of nitrogens with one attached hydrogen (secondary N) is 1. The molecule has 1 aromatic carbocycles. The van der Waals surface area contributed by atoms with Crippen molar-refractivity contribution in [2.75, 3.05) is 26.7 Å². The molecule has 4 heteroatoms. The lowest BCUT2D eigenvalue weighted by Gasteiger charge is -2.20. The van der Waals surface area contributed by atoms with Crippen LogP contribution in [0, 0.1) is 6.92 Å². The average molecular weight is 275 g/mol. The number of aliphatic imine (C=N–C) groups is 1. The van der Waals surface area contributed by atoms with Gasteiger partial charge in [0, 0.05) is 19.6 Å². The summed E-state index contributed by atoms with van der Waals surface area (Å²) in [5.74, 6) is 1.97. The predicted octanol–water partition coefficient (Wildman–Crippen LogP) is 2.56. The standard InChI is InChI=1S/C16H25N3O/c1-4-17-16(19-9-5-6-10-19)18-12-14-8-7-13(2)15(11-14)20-3/h7-8,11H,4-6,9-10,12H2,1-3H3,(H,17,18). The number of guanidine groups is 1. The van der Waals surface area contributed by atoms with Gasteiger partial charge in [-0.3, -0.25) is 0 Å². The van der Waals surface area contributed by atoms with Gasteiger partial charge in [-0.2, -0.15) is 0 Å². The molecule has 1 aromatic rings. The maximum Gasteiger partial charge on any atom is 0.194 e. The summed E-state index contributed by atoms with van der Waals surface area (Å²) < 4.78 is 5.37. The van der Waals surface area contributed by atoms with Gasteiger partial charge in [-0.25, -0.2) is 4.99 Å². The Morgan fingerprint density at radius 3 is 2.75 bits per heavy atom. The zero-order chi connectivity index (χ0) is 14.4. The molecule has 0 radical (unpaired) electrons. The summed E-state index contributed by atoms with van der Waals surface area (Å²) in [5, 5.41) is 3.38. The first kappa shape index (κ1) is 14.7. The summed E-state index contributed by atoms with van der Waals surface area (Å²) in [6.07, 6.45) is 2.53. The van der Waals surface area contributed by atoms with Crippen LogP contribution in [0.15, 0.2) is 23.2 Å². The second-order valence-corrected chi connectivity index (χ2v) is 5.17. The summed E-state index contributed by atoms with van der Waals surface area (Å²) in [7, 11) is 1.71. The average Bonchev–Trinajstić information content (AvgIpc) is 2.99. The van der Waals surface area contributed by atoms with E-state index in [-0.39, 0.29) is 0 Å². The lowest BCUT2D eigenvalue weighted by molar-refractivity contribution is 0.411. The number of benzene rings is 1. The van der Waals surface area contributed by atoms with Crippen molar-refractivity contribution in [2.45, 2.75) is 33.2 Å². The van der Waals surface area contributed by atoms with Crippen LogP contribution in [-0.4, -0.2) is 37.6 Å². The van der Waals surface area contributed by atoms with Crippen molar-refractivity contribution < 1.29 is 4.74 Å². The molecule has 1 saturated heterocycles. The molecule has 0 bridgehead atoms. The zero-order valence-corrected chi connectivity index (χ0v) is 12.8. The Hall–Kier alpha value is -1.71. The van der Waals surface area contributed by atoms with Crippen LogP contribution in [0.4, 0.5) is 0 Å². The van der Waals surface area contributed by atoms with Crippen LogP contribution >= 0.6 is 0 Å². The van der Waals surface area contributed by atoms with Crippen LogP contribution in [0.3, 0.4) is 0 Å². The molecular weight excluding hydrogens is 250 g/mol. The van der Waals surface area contributed by atoms with E-state index >= 15 is 0 Å². The highest BCUT2D eigenvalue weighted by Crippen LogP contribution is 2.19. The molecule has 2 rings (SSSR count). The van der Waals surface area contributed by atoms with E-state index in [9.17, 15) is 0 Å². The van der Waals surface area contributed by atoms with Gasteiger partial charge >= 0.3 is 0 Å². The lowest BCUT2D eigenvalue weighted by atomic mass is 10.1. The van der Waals surface area contributed by atoms with Gasteiger partial charge in [0.2, 0.25) is 0 Å². The van der Waals surface area contributed by atoms with Gasteiger partial charge in [-0.15, -0.1) is 0 Å². The normalized spacial score (nSPS) is 15.6. The van der Waals surface area contributed by atoms with Gasteiger partial charge < -0.3 is 15.0 Å². The highest BCUT2D eigenvalue weighted by Gasteiger charge is 2.15. The lowest BCUT2D eigenvalue weighted by Crippen LogP contribution is -2.39. The number of nitrogens with zero attached hydrogens (tertiary/aromatic N) is 2. The van der Waals surface area contributed by atoms with E-state index in [1.165, 1.54) is 18.4 Å². The third-order valence-electron chi connectivity index (χ3n) is 3.62. The van der Waals surface area contributed by atoms with Crippen molar-refractivity contribution in [1.29, 1.82) is 0 Å². The number of ether oxygens (including phenoxy) is 1. The second kappa shape index (κ2) is 7.17. The molecule has 1 heterocycles. The highest BCUT2D eigenvalue weighted by atomic mass is 16.5. The molecule has 0 spiro atoms. The van der Waals surface area contributed by atoms with Gasteiger partial charge in [0.25, 0.3) is 0 Å². The molecule has 1 fully saturated rings. The summed E-state index contributed by atoms with van der Waals surface area (Å²) in [4.78, 5) is 7.09. The quantitative estimate of drug-likeness (QED) is 0.678. The Bertz CT molecular complexity index is 465. The minimum Gasteiger partial charge on any atom is -0.496 e. The van der Waals surface area contributed by atoms with Crippen molar-refractivity contribution in [3.05, 3.63) is 29.3 Å². The Balaban J connectivity index is 2.08. The fourth-order valence-corrected chi connectivity index (χ4v) is 2.48. The first-order valence-electron chi connectivity index (χ1n) is 7.41. The maximum absolute atomic E-state index is 5.37. The van der Waals surface area contributed by atoms with Crippen molar-refractivity contribution in [2.24, 2.45) is 4.99 Å². The molecular formula is C16H25N3O. The minimum atomic E-state index is 0.690. The van der Waals surface area contributed by atoms with E-state index in [0.717, 1.165) is 36.9 Å². The van der Waals surface area contributed by atoms with Crippen LogP contribution in [0.1, 0.15) is 30.9 Å². The van der Waals surface area contributed by atoms with Gasteiger partial charge in [-0.1, -0.05) is 12.1 Å². The molecule has 1 aliphatic rings. The van der Waals surface area contributed by atoms with Gasteiger partial charge in [0.15, 0.2) is 5.96 Å².